The van der Waals surface area contributed by atoms with E-state index in [4.69, 9.17) is 4.74 Å². The predicted octanol–water partition coefficient (Wildman–Crippen LogP) is 4.14. The largest absolute Gasteiger partial charge is 0.380 e. The van der Waals surface area contributed by atoms with Gasteiger partial charge in [-0.15, -0.1) is 0 Å². The van der Waals surface area contributed by atoms with Gasteiger partial charge in [0.2, 0.25) is 0 Å². The smallest absolute Gasteiger partial charge is 0.0590 e. The Morgan fingerprint density at radius 2 is 1.29 bits per heavy atom. The molecule has 0 aliphatic rings. The molecule has 0 aromatic heterocycles. The average molecular weight is 243 g/mol. The fourth-order valence-electron chi connectivity index (χ4n) is 1.89. The summed E-state index contributed by atoms with van der Waals surface area (Å²) in [7, 11) is 0. The minimum atomic E-state index is 0.872. The maximum Gasteiger partial charge on any atom is 0.0590 e. The molecule has 0 aliphatic heterocycles. The lowest BCUT2D eigenvalue weighted by atomic mass is 10.1. The second kappa shape index (κ2) is 15.9. The van der Waals surface area contributed by atoms with Crippen molar-refractivity contribution in [2.24, 2.45) is 0 Å². The van der Waals surface area contributed by atoms with E-state index >= 15 is 0 Å². The molecule has 0 aliphatic carbocycles. The van der Waals surface area contributed by atoms with E-state index in [1.165, 1.54) is 57.8 Å². The lowest BCUT2D eigenvalue weighted by molar-refractivity contribution is 0.131. The van der Waals surface area contributed by atoms with Crippen LogP contribution in [0.25, 0.3) is 0 Å². The minimum absolute atomic E-state index is 0.872. The van der Waals surface area contributed by atoms with E-state index in [9.17, 15) is 0 Å². The van der Waals surface area contributed by atoms with Gasteiger partial charge in [-0.2, -0.15) is 0 Å². The number of ether oxygens (including phenoxy) is 1. The van der Waals surface area contributed by atoms with E-state index in [0.717, 1.165) is 26.3 Å². The molecule has 0 atom stereocenters. The summed E-state index contributed by atoms with van der Waals surface area (Å²) in [5.74, 6) is 0. The highest BCUT2D eigenvalue weighted by molar-refractivity contribution is 4.47. The molecule has 0 amide bonds. The van der Waals surface area contributed by atoms with Crippen LogP contribution in [-0.2, 0) is 4.74 Å². The lowest BCUT2D eigenvalue weighted by Crippen LogP contribution is -2.20. The zero-order valence-electron chi connectivity index (χ0n) is 12.1. The van der Waals surface area contributed by atoms with Gasteiger partial charge in [-0.05, 0) is 19.4 Å². The molecule has 17 heavy (non-hydrogen) atoms. The fourth-order valence-corrected chi connectivity index (χ4v) is 1.89. The van der Waals surface area contributed by atoms with E-state index < -0.39 is 0 Å². The summed E-state index contributed by atoms with van der Waals surface area (Å²) in [5, 5.41) is 3.34. The number of hydrogen-bond acceptors (Lipinski definition) is 2. The van der Waals surface area contributed by atoms with Crippen LogP contribution in [0.15, 0.2) is 0 Å². The SMILES string of the molecule is CCCCCCCCCCOCCNCCC. The first-order valence-electron chi connectivity index (χ1n) is 7.70. The molecule has 0 bridgehead atoms. The van der Waals surface area contributed by atoms with Crippen LogP contribution in [0.1, 0.15) is 71.6 Å². The van der Waals surface area contributed by atoms with Gasteiger partial charge in [-0.3, -0.25) is 0 Å². The van der Waals surface area contributed by atoms with Crippen molar-refractivity contribution in [2.45, 2.75) is 71.6 Å². The normalized spacial score (nSPS) is 10.9. The molecule has 1 N–H and O–H groups in total. The first kappa shape index (κ1) is 16.9. The Kier molecular flexibility index (Phi) is 15.8. The highest BCUT2D eigenvalue weighted by Gasteiger charge is 1.92. The molecule has 0 fully saturated rings. The van der Waals surface area contributed by atoms with Crippen LogP contribution in [-0.4, -0.2) is 26.3 Å². The molecule has 0 saturated carbocycles. The highest BCUT2D eigenvalue weighted by Crippen LogP contribution is 2.08. The Bertz CT molecular complexity index is 114. The summed E-state index contributed by atoms with van der Waals surface area (Å²) in [4.78, 5) is 0. The topological polar surface area (TPSA) is 21.3 Å². The molecule has 2 nitrogen and oxygen atoms in total. The van der Waals surface area contributed by atoms with Gasteiger partial charge in [-0.1, -0.05) is 58.8 Å². The van der Waals surface area contributed by atoms with Gasteiger partial charge in [-0.25, -0.2) is 0 Å². The Hall–Kier alpha value is -0.0800. The monoisotopic (exact) mass is 243 g/mol. The van der Waals surface area contributed by atoms with Gasteiger partial charge in [0.25, 0.3) is 0 Å². The van der Waals surface area contributed by atoms with Crippen molar-refractivity contribution in [3.8, 4) is 0 Å². The number of nitrogens with one attached hydrogen (secondary N) is 1. The van der Waals surface area contributed by atoms with Crippen molar-refractivity contribution in [1.82, 2.24) is 5.32 Å². The van der Waals surface area contributed by atoms with Gasteiger partial charge < -0.3 is 10.1 Å². The van der Waals surface area contributed by atoms with Crippen molar-refractivity contribution in [3.63, 3.8) is 0 Å². The van der Waals surface area contributed by atoms with Crippen molar-refractivity contribution in [2.75, 3.05) is 26.3 Å². The molecule has 0 rings (SSSR count). The summed E-state index contributed by atoms with van der Waals surface area (Å²) < 4.78 is 5.56. The molecule has 0 radical (unpaired) electrons. The maximum absolute atomic E-state index is 5.56. The second-order valence-corrected chi connectivity index (χ2v) is 4.84. The molecule has 0 spiro atoms. The van der Waals surface area contributed by atoms with Crippen LogP contribution >= 0.6 is 0 Å². The zero-order chi connectivity index (χ0) is 12.6. The van der Waals surface area contributed by atoms with Crippen molar-refractivity contribution in [3.05, 3.63) is 0 Å². The van der Waals surface area contributed by atoms with Gasteiger partial charge in [0.1, 0.15) is 0 Å². The number of unbranched alkanes of at least 4 members (excludes halogenated alkanes) is 7. The Labute approximate surface area is 109 Å². The van der Waals surface area contributed by atoms with E-state index in [0.29, 0.717) is 0 Å². The zero-order valence-corrected chi connectivity index (χ0v) is 12.1. The maximum atomic E-state index is 5.56. The van der Waals surface area contributed by atoms with Crippen LogP contribution in [0.2, 0.25) is 0 Å². The molecule has 0 saturated heterocycles. The molecule has 104 valence electrons. The van der Waals surface area contributed by atoms with E-state index in [1.807, 2.05) is 0 Å². The first-order valence-corrected chi connectivity index (χ1v) is 7.70. The van der Waals surface area contributed by atoms with E-state index in [2.05, 4.69) is 19.2 Å². The molecule has 0 heterocycles. The average Bonchev–Trinajstić information content (AvgIpc) is 2.35. The van der Waals surface area contributed by atoms with Crippen LogP contribution in [0.3, 0.4) is 0 Å². The Morgan fingerprint density at radius 3 is 1.94 bits per heavy atom. The van der Waals surface area contributed by atoms with E-state index in [-0.39, 0.29) is 0 Å². The number of rotatable bonds is 14. The third-order valence-electron chi connectivity index (χ3n) is 2.99. The summed E-state index contributed by atoms with van der Waals surface area (Å²) in [6.45, 7) is 8.40. The Morgan fingerprint density at radius 1 is 0.647 bits per heavy atom. The summed E-state index contributed by atoms with van der Waals surface area (Å²) in [6.07, 6.45) is 12.2. The molecule has 0 aromatic rings. The molecular weight excluding hydrogens is 210 g/mol. The van der Waals surface area contributed by atoms with Crippen LogP contribution < -0.4 is 5.32 Å². The quantitative estimate of drug-likeness (QED) is 0.463. The Balaban J connectivity index is 2.85. The second-order valence-electron chi connectivity index (χ2n) is 4.84. The van der Waals surface area contributed by atoms with Crippen LogP contribution in [0.5, 0.6) is 0 Å². The summed E-state index contributed by atoms with van der Waals surface area (Å²) >= 11 is 0. The van der Waals surface area contributed by atoms with E-state index in [1.54, 1.807) is 0 Å². The van der Waals surface area contributed by atoms with Crippen molar-refractivity contribution in [1.29, 1.82) is 0 Å². The summed E-state index contributed by atoms with van der Waals surface area (Å²) in [5.41, 5.74) is 0. The van der Waals surface area contributed by atoms with Gasteiger partial charge in [0.05, 0.1) is 6.61 Å². The lowest BCUT2D eigenvalue weighted by Gasteiger charge is -2.05. The molecular formula is C15H33NO. The van der Waals surface area contributed by atoms with Gasteiger partial charge >= 0.3 is 0 Å². The fraction of sp³-hybridized carbons (Fsp3) is 1.00. The highest BCUT2D eigenvalue weighted by atomic mass is 16.5. The third-order valence-corrected chi connectivity index (χ3v) is 2.99. The van der Waals surface area contributed by atoms with Gasteiger partial charge in [0.15, 0.2) is 0 Å². The molecule has 0 unspecified atom stereocenters. The van der Waals surface area contributed by atoms with Gasteiger partial charge in [0, 0.05) is 13.2 Å². The summed E-state index contributed by atoms with van der Waals surface area (Å²) in [6, 6.07) is 0. The molecule has 0 aromatic carbocycles. The van der Waals surface area contributed by atoms with Crippen molar-refractivity contribution < 1.29 is 4.74 Å². The first-order chi connectivity index (χ1) is 8.41. The minimum Gasteiger partial charge on any atom is -0.380 e. The predicted molar refractivity (Wildman–Crippen MR) is 76.6 cm³/mol. The number of hydrogen-bond donors (Lipinski definition) is 1. The van der Waals surface area contributed by atoms with Crippen LogP contribution in [0.4, 0.5) is 0 Å². The third kappa shape index (κ3) is 15.9. The molecule has 2 heteroatoms. The van der Waals surface area contributed by atoms with Crippen LogP contribution in [0, 0.1) is 0 Å². The standard InChI is InChI=1S/C15H33NO/c1-3-5-6-7-8-9-10-11-14-17-15-13-16-12-4-2/h16H,3-15H2,1-2H3. The van der Waals surface area contributed by atoms with Crippen molar-refractivity contribution >= 4 is 0 Å².